The summed E-state index contributed by atoms with van der Waals surface area (Å²) in [5.74, 6) is 0.283. The van der Waals surface area contributed by atoms with E-state index in [1.54, 1.807) is 0 Å². The molecule has 0 aromatic carbocycles. The summed E-state index contributed by atoms with van der Waals surface area (Å²) in [6.45, 7) is 4.26. The van der Waals surface area contributed by atoms with Crippen LogP contribution in [0.5, 0.6) is 0 Å². The summed E-state index contributed by atoms with van der Waals surface area (Å²) < 4.78 is 0. The van der Waals surface area contributed by atoms with Crippen molar-refractivity contribution >= 4 is 11.7 Å². The highest BCUT2D eigenvalue weighted by Crippen LogP contribution is 2.05. The smallest absolute Gasteiger partial charge is 0.220 e. The van der Waals surface area contributed by atoms with E-state index in [1.807, 2.05) is 6.92 Å². The zero-order chi connectivity index (χ0) is 11.7. The number of aliphatic hydroxyl groups is 1. The van der Waals surface area contributed by atoms with Crippen LogP contribution < -0.4 is 5.32 Å². The summed E-state index contributed by atoms with van der Waals surface area (Å²) in [6, 6.07) is 0. The SMILES string of the molecule is CCC(CCO)CNC(=O)CCC(C)=O. The Balaban J connectivity index is 3.63. The molecule has 4 heteroatoms. The largest absolute Gasteiger partial charge is 0.396 e. The number of carbonyl (C=O) groups excluding carboxylic acids is 2. The minimum absolute atomic E-state index is 0.0348. The predicted molar refractivity (Wildman–Crippen MR) is 58.4 cm³/mol. The molecule has 0 fully saturated rings. The molecule has 0 spiro atoms. The fourth-order valence-electron chi connectivity index (χ4n) is 1.27. The number of nitrogens with one attached hydrogen (secondary N) is 1. The molecule has 0 aromatic heterocycles. The van der Waals surface area contributed by atoms with Crippen LogP contribution in [0.1, 0.15) is 39.5 Å². The van der Waals surface area contributed by atoms with Gasteiger partial charge < -0.3 is 15.2 Å². The van der Waals surface area contributed by atoms with Crippen molar-refractivity contribution in [2.24, 2.45) is 5.92 Å². The van der Waals surface area contributed by atoms with Crippen LogP contribution >= 0.6 is 0 Å². The predicted octanol–water partition coefficient (Wildman–Crippen LogP) is 0.880. The van der Waals surface area contributed by atoms with Crippen molar-refractivity contribution in [3.8, 4) is 0 Å². The Morgan fingerprint density at radius 2 is 2.00 bits per heavy atom. The molecule has 0 aliphatic heterocycles. The molecule has 0 bridgehead atoms. The maximum Gasteiger partial charge on any atom is 0.220 e. The second kappa shape index (κ2) is 8.41. The van der Waals surface area contributed by atoms with E-state index in [0.29, 0.717) is 25.3 Å². The number of aliphatic hydroxyl groups excluding tert-OH is 1. The van der Waals surface area contributed by atoms with E-state index < -0.39 is 0 Å². The molecular formula is C11H21NO3. The van der Waals surface area contributed by atoms with Gasteiger partial charge in [-0.15, -0.1) is 0 Å². The Morgan fingerprint density at radius 3 is 2.47 bits per heavy atom. The third kappa shape index (κ3) is 8.12. The summed E-state index contributed by atoms with van der Waals surface area (Å²) in [5, 5.41) is 11.5. The van der Waals surface area contributed by atoms with Crippen LogP contribution in [0.2, 0.25) is 0 Å². The number of ketones is 1. The molecule has 4 nitrogen and oxygen atoms in total. The van der Waals surface area contributed by atoms with Crippen LogP contribution in [-0.4, -0.2) is 29.9 Å². The maximum atomic E-state index is 11.2. The normalized spacial score (nSPS) is 12.2. The van der Waals surface area contributed by atoms with Crippen molar-refractivity contribution in [3.63, 3.8) is 0 Å². The lowest BCUT2D eigenvalue weighted by atomic mass is 10.0. The van der Waals surface area contributed by atoms with Crippen LogP contribution in [0.15, 0.2) is 0 Å². The van der Waals surface area contributed by atoms with Gasteiger partial charge in [0.05, 0.1) is 0 Å². The van der Waals surface area contributed by atoms with Gasteiger partial charge in [0, 0.05) is 26.0 Å². The van der Waals surface area contributed by atoms with Crippen LogP contribution in [0.3, 0.4) is 0 Å². The molecule has 0 radical (unpaired) electrons. The first kappa shape index (κ1) is 14.1. The Hall–Kier alpha value is -0.900. The van der Waals surface area contributed by atoms with Gasteiger partial charge in [0.25, 0.3) is 0 Å². The summed E-state index contributed by atoms with van der Waals surface area (Å²) >= 11 is 0. The van der Waals surface area contributed by atoms with Gasteiger partial charge in [0.1, 0.15) is 5.78 Å². The molecule has 0 heterocycles. The number of amides is 1. The lowest BCUT2D eigenvalue weighted by Crippen LogP contribution is -2.29. The molecule has 0 aliphatic rings. The van der Waals surface area contributed by atoms with Gasteiger partial charge in [-0.05, 0) is 19.3 Å². The average Bonchev–Trinajstić information content (AvgIpc) is 2.21. The van der Waals surface area contributed by atoms with Crippen molar-refractivity contribution in [3.05, 3.63) is 0 Å². The Kier molecular flexibility index (Phi) is 7.91. The van der Waals surface area contributed by atoms with E-state index in [-0.39, 0.29) is 24.7 Å². The van der Waals surface area contributed by atoms with E-state index >= 15 is 0 Å². The first-order valence-corrected chi connectivity index (χ1v) is 5.47. The van der Waals surface area contributed by atoms with Gasteiger partial charge in [-0.25, -0.2) is 0 Å². The minimum atomic E-state index is -0.0819. The average molecular weight is 215 g/mol. The quantitative estimate of drug-likeness (QED) is 0.631. The van der Waals surface area contributed by atoms with Crippen molar-refractivity contribution in [2.45, 2.75) is 39.5 Å². The van der Waals surface area contributed by atoms with E-state index in [9.17, 15) is 9.59 Å². The van der Waals surface area contributed by atoms with Crippen LogP contribution in [0.4, 0.5) is 0 Å². The highest BCUT2D eigenvalue weighted by molar-refractivity contribution is 5.83. The van der Waals surface area contributed by atoms with E-state index in [2.05, 4.69) is 5.32 Å². The Labute approximate surface area is 91.1 Å². The number of Topliss-reactive ketones (excluding diaryl/α,β-unsaturated/α-hetero) is 1. The van der Waals surface area contributed by atoms with Crippen molar-refractivity contribution in [2.75, 3.05) is 13.2 Å². The lowest BCUT2D eigenvalue weighted by molar-refractivity contribution is -0.124. The molecule has 0 saturated carbocycles. The number of carbonyl (C=O) groups is 2. The first-order chi connectivity index (χ1) is 7.10. The van der Waals surface area contributed by atoms with Crippen molar-refractivity contribution in [1.82, 2.24) is 5.32 Å². The Morgan fingerprint density at radius 1 is 1.33 bits per heavy atom. The molecule has 1 atom stereocenters. The van der Waals surface area contributed by atoms with Crippen LogP contribution in [0.25, 0.3) is 0 Å². The number of hydrogen-bond acceptors (Lipinski definition) is 3. The van der Waals surface area contributed by atoms with E-state index in [1.165, 1.54) is 6.92 Å². The minimum Gasteiger partial charge on any atom is -0.396 e. The maximum absolute atomic E-state index is 11.2. The van der Waals surface area contributed by atoms with Gasteiger partial charge >= 0.3 is 0 Å². The summed E-state index contributed by atoms with van der Waals surface area (Å²) in [7, 11) is 0. The fourth-order valence-corrected chi connectivity index (χ4v) is 1.27. The summed E-state index contributed by atoms with van der Waals surface area (Å²) in [5.41, 5.74) is 0. The number of rotatable bonds is 8. The third-order valence-corrected chi connectivity index (χ3v) is 2.41. The molecule has 88 valence electrons. The highest BCUT2D eigenvalue weighted by atomic mass is 16.3. The fraction of sp³-hybridized carbons (Fsp3) is 0.818. The molecular weight excluding hydrogens is 194 g/mol. The molecule has 15 heavy (non-hydrogen) atoms. The van der Waals surface area contributed by atoms with E-state index in [4.69, 9.17) is 5.11 Å². The van der Waals surface area contributed by atoms with Gasteiger partial charge in [0.2, 0.25) is 5.91 Å². The summed E-state index contributed by atoms with van der Waals surface area (Å²) in [4.78, 5) is 21.9. The highest BCUT2D eigenvalue weighted by Gasteiger charge is 2.08. The standard InChI is InChI=1S/C11H21NO3/c1-3-10(6-7-13)8-12-11(15)5-4-9(2)14/h10,13H,3-8H2,1-2H3,(H,12,15). The molecule has 0 aromatic rings. The van der Waals surface area contributed by atoms with Crippen molar-refractivity contribution < 1.29 is 14.7 Å². The monoisotopic (exact) mass is 215 g/mol. The third-order valence-electron chi connectivity index (χ3n) is 2.41. The molecule has 1 unspecified atom stereocenters. The van der Waals surface area contributed by atoms with Gasteiger partial charge in [0.15, 0.2) is 0 Å². The lowest BCUT2D eigenvalue weighted by Gasteiger charge is -2.13. The first-order valence-electron chi connectivity index (χ1n) is 5.47. The Bertz CT molecular complexity index is 204. The zero-order valence-corrected chi connectivity index (χ0v) is 9.58. The summed E-state index contributed by atoms with van der Waals surface area (Å²) in [6.07, 6.45) is 2.23. The molecule has 0 rings (SSSR count). The number of hydrogen-bond donors (Lipinski definition) is 2. The molecule has 2 N–H and O–H groups in total. The van der Waals surface area contributed by atoms with Crippen LogP contribution in [-0.2, 0) is 9.59 Å². The van der Waals surface area contributed by atoms with Crippen LogP contribution in [0, 0.1) is 5.92 Å². The van der Waals surface area contributed by atoms with Gasteiger partial charge in [-0.2, -0.15) is 0 Å². The zero-order valence-electron chi connectivity index (χ0n) is 9.58. The van der Waals surface area contributed by atoms with Gasteiger partial charge in [-0.3, -0.25) is 4.79 Å². The second-order valence-electron chi connectivity index (χ2n) is 3.79. The molecule has 0 aliphatic carbocycles. The van der Waals surface area contributed by atoms with E-state index in [0.717, 1.165) is 6.42 Å². The molecule has 1 amide bonds. The van der Waals surface area contributed by atoms with Gasteiger partial charge in [-0.1, -0.05) is 13.3 Å². The second-order valence-corrected chi connectivity index (χ2v) is 3.79. The topological polar surface area (TPSA) is 66.4 Å². The van der Waals surface area contributed by atoms with Crippen molar-refractivity contribution in [1.29, 1.82) is 0 Å². The molecule has 0 saturated heterocycles.